The van der Waals surface area contributed by atoms with E-state index < -0.39 is 0 Å². The molecule has 7 heteroatoms. The molecule has 1 fully saturated rings. The molecule has 1 saturated carbocycles. The highest BCUT2D eigenvalue weighted by Crippen LogP contribution is 2.32. The summed E-state index contributed by atoms with van der Waals surface area (Å²) in [6.45, 7) is 0. The van der Waals surface area contributed by atoms with Crippen LogP contribution < -0.4 is 11.1 Å². The Labute approximate surface area is 190 Å². The third-order valence-electron chi connectivity index (χ3n) is 6.50. The van der Waals surface area contributed by atoms with Crippen molar-refractivity contribution in [2.45, 2.75) is 38.1 Å². The Bertz CT molecular complexity index is 1300. The van der Waals surface area contributed by atoms with E-state index in [0.717, 1.165) is 44.8 Å². The number of nitrogens with zero attached hydrogens (tertiary/aromatic N) is 2. The van der Waals surface area contributed by atoms with E-state index in [1.807, 2.05) is 36.5 Å². The van der Waals surface area contributed by atoms with E-state index in [9.17, 15) is 9.59 Å². The second-order valence-electron chi connectivity index (χ2n) is 8.56. The number of aromatic nitrogens is 2. The van der Waals surface area contributed by atoms with Crippen molar-refractivity contribution < 1.29 is 9.59 Å². The van der Waals surface area contributed by atoms with Crippen LogP contribution in [-0.4, -0.2) is 34.2 Å². The predicted molar refractivity (Wildman–Crippen MR) is 128 cm³/mol. The van der Waals surface area contributed by atoms with Gasteiger partial charge in [-0.15, -0.1) is 0 Å². The third-order valence-corrected chi connectivity index (χ3v) is 7.52. The van der Waals surface area contributed by atoms with Gasteiger partial charge < -0.3 is 11.1 Å². The Balaban J connectivity index is 1.40. The van der Waals surface area contributed by atoms with Crippen LogP contribution in [0.4, 0.5) is 0 Å². The maximum Gasteiger partial charge on any atom is 0.251 e. The van der Waals surface area contributed by atoms with Crippen LogP contribution >= 0.6 is 11.3 Å². The number of ketones is 1. The Morgan fingerprint density at radius 3 is 2.62 bits per heavy atom. The zero-order valence-electron chi connectivity index (χ0n) is 18.0. The quantitative estimate of drug-likeness (QED) is 0.436. The first kappa shape index (κ1) is 20.8. The highest BCUT2D eigenvalue weighted by atomic mass is 32.1. The van der Waals surface area contributed by atoms with Gasteiger partial charge in [0.2, 0.25) is 0 Å². The minimum absolute atomic E-state index is 0.107. The fraction of sp³-hybridized carbons (Fsp3) is 0.320. The van der Waals surface area contributed by atoms with Gasteiger partial charge >= 0.3 is 0 Å². The van der Waals surface area contributed by atoms with Crippen LogP contribution in [0.1, 0.15) is 52.8 Å². The van der Waals surface area contributed by atoms with Crippen LogP contribution in [0, 0.1) is 5.92 Å². The predicted octanol–water partition coefficient (Wildman–Crippen LogP) is 4.67. The lowest BCUT2D eigenvalue weighted by atomic mass is 9.81. The van der Waals surface area contributed by atoms with Crippen molar-refractivity contribution in [3.63, 3.8) is 0 Å². The summed E-state index contributed by atoms with van der Waals surface area (Å²) in [7, 11) is 1.62. The lowest BCUT2D eigenvalue weighted by Gasteiger charge is -2.27. The number of benzene rings is 2. The van der Waals surface area contributed by atoms with Crippen LogP contribution in [0.25, 0.3) is 26.4 Å². The van der Waals surface area contributed by atoms with E-state index in [1.165, 1.54) is 12.8 Å². The molecule has 0 radical (unpaired) electrons. The molecule has 0 spiro atoms. The number of imidazole rings is 1. The summed E-state index contributed by atoms with van der Waals surface area (Å²) in [6.07, 6.45) is 6.96. The molecular formula is C25H26N4O2S. The van der Waals surface area contributed by atoms with E-state index in [4.69, 9.17) is 10.7 Å². The molecule has 1 aliphatic rings. The summed E-state index contributed by atoms with van der Waals surface area (Å²) in [6, 6.07) is 13.5. The molecule has 2 aromatic heterocycles. The van der Waals surface area contributed by atoms with Crippen LogP contribution in [0.2, 0.25) is 0 Å². The molecule has 0 saturated heterocycles. The van der Waals surface area contributed by atoms with Gasteiger partial charge in [0, 0.05) is 42.4 Å². The van der Waals surface area contributed by atoms with E-state index in [-0.39, 0.29) is 17.7 Å². The fourth-order valence-electron chi connectivity index (χ4n) is 4.60. The minimum atomic E-state index is -0.107. The molecule has 2 atom stereocenters. The smallest absolute Gasteiger partial charge is 0.251 e. The van der Waals surface area contributed by atoms with Crippen molar-refractivity contribution in [1.82, 2.24) is 14.7 Å². The van der Waals surface area contributed by atoms with Gasteiger partial charge in [-0.3, -0.25) is 14.0 Å². The van der Waals surface area contributed by atoms with E-state index >= 15 is 0 Å². The summed E-state index contributed by atoms with van der Waals surface area (Å²) >= 11 is 1.58. The Morgan fingerprint density at radius 2 is 1.88 bits per heavy atom. The number of nitrogens with one attached hydrogen (secondary N) is 1. The van der Waals surface area contributed by atoms with Crippen molar-refractivity contribution in [3.05, 3.63) is 59.8 Å². The average Bonchev–Trinajstić information content (AvgIpc) is 3.37. The van der Waals surface area contributed by atoms with Crippen LogP contribution in [0.15, 0.2) is 48.7 Å². The Morgan fingerprint density at radius 1 is 1.12 bits per heavy atom. The number of rotatable bonds is 5. The van der Waals surface area contributed by atoms with Crippen molar-refractivity contribution in [1.29, 1.82) is 0 Å². The zero-order chi connectivity index (χ0) is 22.2. The summed E-state index contributed by atoms with van der Waals surface area (Å²) in [5, 5.41) is 2.63. The van der Waals surface area contributed by atoms with Crippen LogP contribution in [0.5, 0.6) is 0 Å². The van der Waals surface area contributed by atoms with Crippen LogP contribution in [0.3, 0.4) is 0 Å². The largest absolute Gasteiger partial charge is 0.355 e. The maximum atomic E-state index is 12.9. The fourth-order valence-corrected chi connectivity index (χ4v) is 5.64. The van der Waals surface area contributed by atoms with E-state index in [1.54, 1.807) is 30.5 Å². The number of fused-ring (bicyclic) bond motifs is 3. The Kier molecular flexibility index (Phi) is 5.53. The van der Waals surface area contributed by atoms with Gasteiger partial charge in [-0.1, -0.05) is 36.3 Å². The first-order chi connectivity index (χ1) is 15.5. The van der Waals surface area contributed by atoms with Gasteiger partial charge in [0.15, 0.2) is 10.7 Å². The summed E-state index contributed by atoms with van der Waals surface area (Å²) in [5.74, 6) is 0.367. The molecule has 164 valence electrons. The van der Waals surface area contributed by atoms with E-state index in [2.05, 4.69) is 9.72 Å². The number of thiazole rings is 1. The monoisotopic (exact) mass is 446 g/mol. The number of nitrogens with two attached hydrogens (primary N) is 1. The Hall–Kier alpha value is -3.03. The molecule has 3 N–H and O–H groups in total. The molecule has 2 heterocycles. The molecule has 5 rings (SSSR count). The number of carbonyl (C=O) groups is 2. The lowest BCUT2D eigenvalue weighted by molar-refractivity contribution is 0.0939. The summed E-state index contributed by atoms with van der Waals surface area (Å²) in [4.78, 5) is 30.3. The molecule has 1 amide bonds. The number of hydrogen-bond donors (Lipinski definition) is 2. The van der Waals surface area contributed by atoms with Gasteiger partial charge in [0.05, 0.1) is 15.9 Å². The van der Waals surface area contributed by atoms with Gasteiger partial charge in [-0.2, -0.15) is 0 Å². The minimum Gasteiger partial charge on any atom is -0.355 e. The molecule has 6 nitrogen and oxygen atoms in total. The second kappa shape index (κ2) is 8.48. The molecule has 32 heavy (non-hydrogen) atoms. The zero-order valence-corrected chi connectivity index (χ0v) is 18.8. The summed E-state index contributed by atoms with van der Waals surface area (Å²) in [5.41, 5.74) is 10.5. The molecular weight excluding hydrogens is 420 g/mol. The van der Waals surface area contributed by atoms with E-state index in [0.29, 0.717) is 17.9 Å². The van der Waals surface area contributed by atoms with Gasteiger partial charge in [0.25, 0.3) is 5.91 Å². The number of Topliss-reactive ketones (excluding diaryl/α,β-unsaturated/α-hetero) is 1. The van der Waals surface area contributed by atoms with Crippen molar-refractivity contribution in [2.24, 2.45) is 11.7 Å². The van der Waals surface area contributed by atoms with Crippen LogP contribution in [-0.2, 0) is 0 Å². The molecule has 1 aliphatic carbocycles. The number of hydrogen-bond acceptors (Lipinski definition) is 5. The molecule has 2 unspecified atom stereocenters. The first-order valence-corrected chi connectivity index (χ1v) is 11.9. The topological polar surface area (TPSA) is 89.5 Å². The first-order valence-electron chi connectivity index (χ1n) is 11.1. The number of amides is 1. The standard InChI is InChI=1S/C25H26N4O2S/c1-27-24(31)16-8-6-15(7-9-16)20-14-29-21-11-10-18(13-23(21)32-25(29)28-20)22(30)12-17-4-2-3-5-19(17)26/h6-11,13-14,17,19H,2-5,12,26H2,1H3,(H,27,31). The molecule has 4 aromatic rings. The highest BCUT2D eigenvalue weighted by molar-refractivity contribution is 7.23. The average molecular weight is 447 g/mol. The normalized spacial score (nSPS) is 18.8. The molecule has 0 aliphatic heterocycles. The molecule has 0 bridgehead atoms. The van der Waals surface area contributed by atoms with Gasteiger partial charge in [-0.05, 0) is 49.1 Å². The van der Waals surface area contributed by atoms with Gasteiger partial charge in [0.1, 0.15) is 0 Å². The van der Waals surface area contributed by atoms with Crippen molar-refractivity contribution in [3.8, 4) is 11.3 Å². The third kappa shape index (κ3) is 3.82. The SMILES string of the molecule is CNC(=O)c1ccc(-c2cn3c(n2)sc2cc(C(=O)CC4CCCCC4N)ccc23)cc1. The summed E-state index contributed by atoms with van der Waals surface area (Å²) < 4.78 is 3.11. The van der Waals surface area contributed by atoms with Crippen molar-refractivity contribution >= 4 is 38.2 Å². The lowest BCUT2D eigenvalue weighted by Crippen LogP contribution is -2.34. The number of carbonyl (C=O) groups excluding carboxylic acids is 2. The second-order valence-corrected chi connectivity index (χ2v) is 9.56. The molecule has 2 aromatic carbocycles. The highest BCUT2D eigenvalue weighted by Gasteiger charge is 2.25. The van der Waals surface area contributed by atoms with Crippen molar-refractivity contribution in [2.75, 3.05) is 7.05 Å². The van der Waals surface area contributed by atoms with Gasteiger partial charge in [-0.25, -0.2) is 4.98 Å². The maximum absolute atomic E-state index is 12.9.